The van der Waals surface area contributed by atoms with E-state index in [1.807, 2.05) is 0 Å². The number of amides is 1. The third-order valence-electron chi connectivity index (χ3n) is 3.54. The highest BCUT2D eigenvalue weighted by atomic mass is 19.4. The number of alkyl halides is 3. The van der Waals surface area contributed by atoms with Crippen molar-refractivity contribution < 1.29 is 32.4 Å². The smallest absolute Gasteiger partial charge is 0.422 e. The first-order chi connectivity index (χ1) is 13.2. The topological polar surface area (TPSA) is 89.8 Å². The van der Waals surface area contributed by atoms with Gasteiger partial charge in [-0.05, 0) is 11.1 Å². The summed E-state index contributed by atoms with van der Waals surface area (Å²) >= 11 is 0. The van der Waals surface area contributed by atoms with Crippen LogP contribution in [0.2, 0.25) is 0 Å². The van der Waals surface area contributed by atoms with E-state index < -0.39 is 29.6 Å². The van der Waals surface area contributed by atoms with E-state index in [0.717, 1.165) is 4.90 Å². The standard InChI is InChI=1S/C18H15F3N2O5/c19-18(20,21)12-28-17(25)16(24)22(10-13-5-2-1-3-6-13)11-14-7-4-8-15(9-14)23(26)27/h1-9H,10-12H2. The van der Waals surface area contributed by atoms with Crippen molar-refractivity contribution in [2.45, 2.75) is 19.3 Å². The third kappa shape index (κ3) is 6.38. The first kappa shape index (κ1) is 20.9. The molecule has 0 saturated heterocycles. The molecule has 1 amide bonds. The van der Waals surface area contributed by atoms with Gasteiger partial charge in [-0.1, -0.05) is 42.5 Å². The second-order valence-corrected chi connectivity index (χ2v) is 5.77. The van der Waals surface area contributed by atoms with Crippen LogP contribution in [-0.2, 0) is 27.4 Å². The number of non-ortho nitro benzene ring substituents is 1. The highest BCUT2D eigenvalue weighted by Crippen LogP contribution is 2.18. The number of ether oxygens (including phenoxy) is 1. The van der Waals surface area contributed by atoms with Crippen molar-refractivity contribution in [2.24, 2.45) is 0 Å². The number of benzene rings is 2. The van der Waals surface area contributed by atoms with Crippen molar-refractivity contribution in [1.29, 1.82) is 0 Å². The maximum Gasteiger partial charge on any atom is 0.422 e. The summed E-state index contributed by atoms with van der Waals surface area (Å²) in [4.78, 5) is 35.3. The second-order valence-electron chi connectivity index (χ2n) is 5.77. The quantitative estimate of drug-likeness (QED) is 0.324. The van der Waals surface area contributed by atoms with Gasteiger partial charge in [-0.25, -0.2) is 4.79 Å². The molecule has 0 heterocycles. The Bertz CT molecular complexity index is 856. The van der Waals surface area contributed by atoms with Gasteiger partial charge in [-0.3, -0.25) is 14.9 Å². The minimum Gasteiger partial charge on any atom is -0.449 e. The molecule has 7 nitrogen and oxygen atoms in total. The van der Waals surface area contributed by atoms with Crippen LogP contribution in [0.1, 0.15) is 11.1 Å². The van der Waals surface area contributed by atoms with Crippen LogP contribution in [0.25, 0.3) is 0 Å². The Balaban J connectivity index is 2.21. The van der Waals surface area contributed by atoms with Crippen molar-refractivity contribution in [3.05, 3.63) is 75.8 Å². The summed E-state index contributed by atoms with van der Waals surface area (Å²) in [5.74, 6) is -2.93. The van der Waals surface area contributed by atoms with Gasteiger partial charge in [0, 0.05) is 25.2 Å². The monoisotopic (exact) mass is 396 g/mol. The van der Waals surface area contributed by atoms with Gasteiger partial charge in [-0.15, -0.1) is 0 Å². The first-order valence-electron chi connectivity index (χ1n) is 7.96. The lowest BCUT2D eigenvalue weighted by Crippen LogP contribution is -2.38. The predicted molar refractivity (Wildman–Crippen MR) is 90.8 cm³/mol. The van der Waals surface area contributed by atoms with Gasteiger partial charge < -0.3 is 9.64 Å². The van der Waals surface area contributed by atoms with Crippen LogP contribution < -0.4 is 0 Å². The lowest BCUT2D eigenvalue weighted by molar-refractivity contribution is -0.384. The van der Waals surface area contributed by atoms with Crippen molar-refractivity contribution >= 4 is 17.6 Å². The molecule has 10 heteroatoms. The fourth-order valence-electron chi connectivity index (χ4n) is 2.33. The Morgan fingerprint density at radius 1 is 1.00 bits per heavy atom. The minimum absolute atomic E-state index is 0.0938. The van der Waals surface area contributed by atoms with Gasteiger partial charge >= 0.3 is 18.1 Å². The van der Waals surface area contributed by atoms with Gasteiger partial charge in [0.2, 0.25) is 0 Å². The highest BCUT2D eigenvalue weighted by molar-refractivity contribution is 6.32. The Hall–Kier alpha value is -3.43. The Labute approximate surface area is 157 Å². The second kappa shape index (κ2) is 8.98. The van der Waals surface area contributed by atoms with E-state index in [4.69, 9.17) is 0 Å². The van der Waals surface area contributed by atoms with Gasteiger partial charge in [0.05, 0.1) is 4.92 Å². The molecule has 0 spiro atoms. The zero-order chi connectivity index (χ0) is 20.7. The summed E-state index contributed by atoms with van der Waals surface area (Å²) in [5, 5.41) is 10.9. The molecular formula is C18H15F3N2O5. The molecule has 0 bridgehead atoms. The fourth-order valence-corrected chi connectivity index (χ4v) is 2.33. The zero-order valence-electron chi connectivity index (χ0n) is 14.4. The van der Waals surface area contributed by atoms with E-state index in [0.29, 0.717) is 11.1 Å². The summed E-state index contributed by atoms with van der Waals surface area (Å²) in [7, 11) is 0. The number of halogens is 3. The van der Waals surface area contributed by atoms with E-state index in [9.17, 15) is 32.9 Å². The van der Waals surface area contributed by atoms with E-state index in [2.05, 4.69) is 4.74 Å². The molecule has 0 aliphatic carbocycles. The number of nitrogens with zero attached hydrogens (tertiary/aromatic N) is 2. The van der Waals surface area contributed by atoms with Gasteiger partial charge in [-0.2, -0.15) is 13.2 Å². The summed E-state index contributed by atoms with van der Waals surface area (Å²) in [6.07, 6.45) is -4.76. The Morgan fingerprint density at radius 3 is 2.21 bits per heavy atom. The molecule has 0 fully saturated rings. The molecule has 0 atom stereocenters. The predicted octanol–water partition coefficient (Wildman–Crippen LogP) is 3.23. The van der Waals surface area contributed by atoms with E-state index in [1.165, 1.54) is 24.3 Å². The molecule has 0 aromatic heterocycles. The van der Waals surface area contributed by atoms with E-state index in [1.54, 1.807) is 30.3 Å². The van der Waals surface area contributed by atoms with Gasteiger partial charge in [0.15, 0.2) is 6.61 Å². The average molecular weight is 396 g/mol. The maximum atomic E-state index is 12.3. The highest BCUT2D eigenvalue weighted by Gasteiger charge is 2.32. The number of rotatable bonds is 6. The number of esters is 1. The number of hydrogen-bond donors (Lipinski definition) is 0. The number of hydrogen-bond acceptors (Lipinski definition) is 5. The molecule has 0 N–H and O–H groups in total. The molecule has 2 rings (SSSR count). The van der Waals surface area contributed by atoms with Crippen LogP contribution in [0.4, 0.5) is 18.9 Å². The average Bonchev–Trinajstić information content (AvgIpc) is 2.65. The van der Waals surface area contributed by atoms with Crippen molar-refractivity contribution in [1.82, 2.24) is 4.90 Å². The summed E-state index contributed by atoms with van der Waals surface area (Å²) in [6.45, 7) is -2.20. The summed E-state index contributed by atoms with van der Waals surface area (Å²) < 4.78 is 40.7. The van der Waals surface area contributed by atoms with Crippen LogP contribution >= 0.6 is 0 Å². The van der Waals surface area contributed by atoms with E-state index >= 15 is 0 Å². The van der Waals surface area contributed by atoms with Crippen LogP contribution in [0.5, 0.6) is 0 Å². The molecule has 28 heavy (non-hydrogen) atoms. The number of carbonyl (C=O) groups excluding carboxylic acids is 2. The molecule has 2 aromatic carbocycles. The molecule has 0 aliphatic rings. The molecule has 0 aliphatic heterocycles. The van der Waals surface area contributed by atoms with Crippen molar-refractivity contribution in [3.63, 3.8) is 0 Å². The molecular weight excluding hydrogens is 381 g/mol. The number of nitro groups is 1. The zero-order valence-corrected chi connectivity index (χ0v) is 14.4. The van der Waals surface area contributed by atoms with Gasteiger partial charge in [0.1, 0.15) is 0 Å². The first-order valence-corrected chi connectivity index (χ1v) is 7.96. The number of nitro benzene ring substituents is 1. The van der Waals surface area contributed by atoms with Crippen molar-refractivity contribution in [2.75, 3.05) is 6.61 Å². The Morgan fingerprint density at radius 2 is 1.61 bits per heavy atom. The third-order valence-corrected chi connectivity index (χ3v) is 3.54. The summed E-state index contributed by atoms with van der Waals surface area (Å²) in [6, 6.07) is 13.8. The molecule has 0 unspecified atom stereocenters. The largest absolute Gasteiger partial charge is 0.449 e. The van der Waals surface area contributed by atoms with Crippen molar-refractivity contribution in [3.8, 4) is 0 Å². The minimum atomic E-state index is -4.76. The van der Waals surface area contributed by atoms with Crippen LogP contribution in [-0.4, -0.2) is 34.5 Å². The lowest BCUT2D eigenvalue weighted by atomic mass is 10.1. The molecule has 148 valence electrons. The molecule has 0 saturated carbocycles. The van der Waals surface area contributed by atoms with Crippen LogP contribution in [0.15, 0.2) is 54.6 Å². The lowest BCUT2D eigenvalue weighted by Gasteiger charge is -2.22. The molecule has 2 aromatic rings. The van der Waals surface area contributed by atoms with Crippen LogP contribution in [0, 0.1) is 10.1 Å². The van der Waals surface area contributed by atoms with E-state index in [-0.39, 0.29) is 18.8 Å². The molecule has 0 radical (unpaired) electrons. The Kier molecular flexibility index (Phi) is 6.69. The maximum absolute atomic E-state index is 12.3. The SMILES string of the molecule is O=C(OCC(F)(F)F)C(=O)N(Cc1ccccc1)Cc1cccc([N+](=O)[O-])c1. The van der Waals surface area contributed by atoms with Gasteiger partial charge in [0.25, 0.3) is 5.69 Å². The fraction of sp³-hybridized carbons (Fsp3) is 0.222. The number of carbonyl (C=O) groups is 2. The van der Waals surface area contributed by atoms with Crippen LogP contribution in [0.3, 0.4) is 0 Å². The summed E-state index contributed by atoms with van der Waals surface area (Å²) in [5.41, 5.74) is 0.733. The normalized spacial score (nSPS) is 11.0.